The monoisotopic (exact) mass is 330 g/mol. The Labute approximate surface area is 114 Å². The summed E-state index contributed by atoms with van der Waals surface area (Å²) in [7, 11) is -2.29. The molecule has 18 heavy (non-hydrogen) atoms. The van der Waals surface area contributed by atoms with Crippen LogP contribution in [0.1, 0.15) is 5.56 Å². The Morgan fingerprint density at radius 1 is 1.44 bits per heavy atom. The molecule has 0 unspecified atom stereocenters. The van der Waals surface area contributed by atoms with Crippen LogP contribution in [0.3, 0.4) is 0 Å². The van der Waals surface area contributed by atoms with E-state index >= 15 is 0 Å². The molecule has 0 aliphatic rings. The first-order valence-electron chi connectivity index (χ1n) is 5.39. The zero-order valence-electron chi connectivity index (χ0n) is 10.1. The van der Waals surface area contributed by atoms with E-state index in [1.165, 1.54) is 6.07 Å². The van der Waals surface area contributed by atoms with E-state index in [0.717, 1.165) is 10.9 Å². The van der Waals surface area contributed by atoms with Gasteiger partial charge in [-0.25, -0.2) is 4.39 Å². The minimum atomic E-state index is -2.29. The quantitative estimate of drug-likeness (QED) is 0.810. The number of benzene rings is 1. The molecule has 1 aromatic heterocycles. The van der Waals surface area contributed by atoms with Crippen molar-refractivity contribution < 1.29 is 8.96 Å². The zero-order chi connectivity index (χ0) is 13.3. The van der Waals surface area contributed by atoms with E-state index in [4.69, 9.17) is 0 Å². The summed E-state index contributed by atoms with van der Waals surface area (Å²) in [5, 5.41) is 4.88. The molecule has 0 saturated carbocycles. The van der Waals surface area contributed by atoms with Gasteiger partial charge in [0, 0.05) is 11.5 Å². The lowest BCUT2D eigenvalue weighted by molar-refractivity contribution is 0.588. The summed E-state index contributed by atoms with van der Waals surface area (Å²) in [4.78, 5) is 0. The molecule has 96 valence electrons. The van der Waals surface area contributed by atoms with E-state index in [0.29, 0.717) is 11.0 Å². The first kappa shape index (κ1) is 13.5. The van der Waals surface area contributed by atoms with Gasteiger partial charge in [0.2, 0.25) is 0 Å². The van der Waals surface area contributed by atoms with Gasteiger partial charge in [0.25, 0.3) is 0 Å². The van der Waals surface area contributed by atoms with Gasteiger partial charge >= 0.3 is 0 Å². The Hall–Kier alpha value is -0.930. The van der Waals surface area contributed by atoms with Crippen molar-refractivity contribution in [2.45, 2.75) is 6.54 Å². The first-order chi connectivity index (χ1) is 8.38. The van der Waals surface area contributed by atoms with Crippen LogP contribution in [0, 0.1) is 5.82 Å². The first-order valence-corrected chi connectivity index (χ1v) is 8.78. The van der Waals surface area contributed by atoms with E-state index in [2.05, 4.69) is 21.0 Å². The molecule has 2 aromatic rings. The van der Waals surface area contributed by atoms with Gasteiger partial charge in [-0.05, 0) is 40.9 Å². The summed E-state index contributed by atoms with van der Waals surface area (Å²) in [5.74, 6) is -0.295. The second-order valence-corrected chi connectivity index (χ2v) is 8.47. The minimum Gasteiger partial charge on any atom is -0.319 e. The van der Waals surface area contributed by atoms with Crippen molar-refractivity contribution in [1.29, 1.82) is 0 Å². The van der Waals surface area contributed by atoms with Gasteiger partial charge in [-0.1, -0.05) is 12.1 Å². The normalized spacial score (nSPS) is 11.8. The highest BCUT2D eigenvalue weighted by molar-refractivity contribution is 9.10. The van der Waals surface area contributed by atoms with Crippen molar-refractivity contribution in [2.75, 3.05) is 13.3 Å². The highest BCUT2D eigenvalue weighted by atomic mass is 79.9. The van der Waals surface area contributed by atoms with Crippen LogP contribution in [-0.4, -0.2) is 23.1 Å². The molecule has 0 fully saturated rings. The smallest absolute Gasteiger partial charge is 0.137 e. The van der Waals surface area contributed by atoms with Gasteiger partial charge in [0.15, 0.2) is 0 Å². The number of hydrogen-bond donors (Lipinski definition) is 0. The van der Waals surface area contributed by atoms with Crippen LogP contribution < -0.4 is 5.30 Å². The Kier molecular flexibility index (Phi) is 3.74. The molecule has 0 spiro atoms. The lowest BCUT2D eigenvalue weighted by Crippen LogP contribution is -2.03. The van der Waals surface area contributed by atoms with Crippen LogP contribution in [0.25, 0.3) is 0 Å². The summed E-state index contributed by atoms with van der Waals surface area (Å²) in [6.07, 6.45) is 3.35. The zero-order valence-corrected chi connectivity index (χ0v) is 12.6. The second kappa shape index (κ2) is 4.98. The van der Waals surface area contributed by atoms with Crippen LogP contribution >= 0.6 is 23.1 Å². The molecule has 0 aliphatic heterocycles. The Morgan fingerprint density at radius 3 is 2.78 bits per heavy atom. The van der Waals surface area contributed by atoms with Crippen molar-refractivity contribution in [3.05, 3.63) is 46.4 Å². The van der Waals surface area contributed by atoms with Crippen molar-refractivity contribution in [3.8, 4) is 0 Å². The van der Waals surface area contributed by atoms with Crippen LogP contribution in [0.15, 0.2) is 35.1 Å². The molecule has 2 rings (SSSR count). The van der Waals surface area contributed by atoms with Crippen LogP contribution in [0.4, 0.5) is 4.39 Å². The van der Waals surface area contributed by atoms with Crippen LogP contribution in [0.2, 0.25) is 0 Å². The minimum absolute atomic E-state index is 0.295. The molecule has 0 aliphatic carbocycles. The molecule has 0 bridgehead atoms. The molecule has 6 heteroatoms. The maximum atomic E-state index is 13.4. The molecule has 1 heterocycles. The molecule has 1 aromatic carbocycles. The van der Waals surface area contributed by atoms with Crippen LogP contribution in [-0.2, 0) is 11.1 Å². The van der Waals surface area contributed by atoms with Crippen LogP contribution in [0.5, 0.6) is 0 Å². The second-order valence-electron chi connectivity index (χ2n) is 4.46. The van der Waals surface area contributed by atoms with Gasteiger partial charge in [-0.2, -0.15) is 5.10 Å². The Morgan fingerprint density at radius 2 is 2.17 bits per heavy atom. The highest BCUT2D eigenvalue weighted by Crippen LogP contribution is 2.34. The van der Waals surface area contributed by atoms with E-state index in [1.54, 1.807) is 36.5 Å². The predicted octanol–water partition coefficient (Wildman–Crippen LogP) is 3.08. The summed E-state index contributed by atoms with van der Waals surface area (Å²) in [5.41, 5.74) is 0.798. The average Bonchev–Trinajstić information content (AvgIpc) is 2.73. The Balaban J connectivity index is 2.27. The molecule has 3 nitrogen and oxygen atoms in total. The van der Waals surface area contributed by atoms with Gasteiger partial charge in [0.1, 0.15) is 13.0 Å². The highest BCUT2D eigenvalue weighted by Gasteiger charge is 2.14. The SMILES string of the molecule is CP(C)(=O)c1cnn(Cc2cccc(F)c2Br)c1. The molecule has 0 amide bonds. The number of nitrogens with zero attached hydrogens (tertiary/aromatic N) is 2. The summed E-state index contributed by atoms with van der Waals surface area (Å²) in [6, 6.07) is 4.88. The fourth-order valence-electron chi connectivity index (χ4n) is 1.56. The van der Waals surface area contributed by atoms with Gasteiger partial charge in [-0.3, -0.25) is 4.68 Å². The van der Waals surface area contributed by atoms with E-state index in [1.807, 2.05) is 6.07 Å². The van der Waals surface area contributed by atoms with Gasteiger partial charge in [0.05, 0.1) is 17.2 Å². The molecule has 0 saturated heterocycles. The number of hydrogen-bond acceptors (Lipinski definition) is 2. The number of rotatable bonds is 3. The number of aromatic nitrogens is 2. The maximum absolute atomic E-state index is 13.4. The van der Waals surface area contributed by atoms with Crippen molar-refractivity contribution in [1.82, 2.24) is 9.78 Å². The third kappa shape index (κ3) is 2.90. The number of halogens is 2. The average molecular weight is 331 g/mol. The van der Waals surface area contributed by atoms with E-state index in [9.17, 15) is 8.96 Å². The molecule has 0 N–H and O–H groups in total. The van der Waals surface area contributed by atoms with Gasteiger partial charge < -0.3 is 4.57 Å². The van der Waals surface area contributed by atoms with E-state index < -0.39 is 7.14 Å². The summed E-state index contributed by atoms with van der Waals surface area (Å²) >= 11 is 3.21. The lowest BCUT2D eigenvalue weighted by Gasteiger charge is -2.05. The van der Waals surface area contributed by atoms with Crippen molar-refractivity contribution in [3.63, 3.8) is 0 Å². The Bertz CT molecular complexity index is 620. The maximum Gasteiger partial charge on any atom is 0.137 e. The molecular formula is C12H13BrFN2OP. The fourth-order valence-corrected chi connectivity index (χ4v) is 2.69. The van der Waals surface area contributed by atoms with Crippen molar-refractivity contribution >= 4 is 28.4 Å². The largest absolute Gasteiger partial charge is 0.319 e. The van der Waals surface area contributed by atoms with Gasteiger partial charge in [-0.15, -0.1) is 0 Å². The molecule has 0 atom stereocenters. The third-order valence-electron chi connectivity index (χ3n) is 2.61. The van der Waals surface area contributed by atoms with Crippen molar-refractivity contribution in [2.24, 2.45) is 0 Å². The fraction of sp³-hybridized carbons (Fsp3) is 0.250. The van der Waals surface area contributed by atoms with E-state index in [-0.39, 0.29) is 5.82 Å². The predicted molar refractivity (Wildman–Crippen MR) is 74.5 cm³/mol. The topological polar surface area (TPSA) is 34.9 Å². The summed E-state index contributed by atoms with van der Waals surface area (Å²) < 4.78 is 27.3. The lowest BCUT2D eigenvalue weighted by atomic mass is 10.2. The molecular weight excluding hydrogens is 318 g/mol. The summed E-state index contributed by atoms with van der Waals surface area (Å²) in [6.45, 7) is 3.84. The standard InChI is InChI=1S/C12H13BrFN2OP/c1-18(2,17)10-6-15-16(8-10)7-9-4-3-5-11(14)12(9)13/h3-6,8H,7H2,1-2H3. The molecule has 0 radical (unpaired) electrons. The third-order valence-corrected chi connectivity index (χ3v) is 4.97.